The zero-order valence-corrected chi connectivity index (χ0v) is 11.7. The highest BCUT2D eigenvalue weighted by molar-refractivity contribution is 5.86. The first-order chi connectivity index (χ1) is 8.97. The van der Waals surface area contributed by atoms with Crippen molar-refractivity contribution in [2.24, 2.45) is 0 Å². The van der Waals surface area contributed by atoms with Crippen molar-refractivity contribution in [3.05, 3.63) is 24.8 Å². The molecule has 0 saturated heterocycles. The molecule has 0 aromatic rings. The van der Waals surface area contributed by atoms with Gasteiger partial charge >= 0.3 is 5.97 Å². The van der Waals surface area contributed by atoms with Crippen LogP contribution in [0.1, 0.15) is 20.8 Å². The van der Waals surface area contributed by atoms with Gasteiger partial charge in [-0.2, -0.15) is 0 Å². The lowest BCUT2D eigenvalue weighted by atomic mass is 10.4. The first-order valence-corrected chi connectivity index (χ1v) is 5.96. The van der Waals surface area contributed by atoms with Crippen LogP contribution in [-0.4, -0.2) is 38.4 Å². The number of hydrogen-bond acceptors (Lipinski definition) is 6. The van der Waals surface area contributed by atoms with Crippen LogP contribution in [0.25, 0.3) is 0 Å². The molecule has 2 atom stereocenters. The molecule has 19 heavy (non-hydrogen) atoms. The average Bonchev–Trinajstić information content (AvgIpc) is 2.34. The van der Waals surface area contributed by atoms with Crippen LogP contribution in [0.15, 0.2) is 24.8 Å². The van der Waals surface area contributed by atoms with Crippen LogP contribution < -0.4 is 0 Å². The second-order valence-corrected chi connectivity index (χ2v) is 3.73. The molecule has 0 aliphatic rings. The molecular weight excluding hydrogens is 252 g/mol. The van der Waals surface area contributed by atoms with Gasteiger partial charge in [0.2, 0.25) is 0 Å². The van der Waals surface area contributed by atoms with Gasteiger partial charge in [0, 0.05) is 5.57 Å². The predicted molar refractivity (Wildman–Crippen MR) is 69.0 cm³/mol. The van der Waals surface area contributed by atoms with Gasteiger partial charge in [0.15, 0.2) is 12.6 Å². The molecule has 6 heteroatoms. The van der Waals surface area contributed by atoms with E-state index >= 15 is 0 Å². The van der Waals surface area contributed by atoms with Crippen molar-refractivity contribution >= 4 is 5.97 Å². The molecule has 0 spiro atoms. The van der Waals surface area contributed by atoms with E-state index in [9.17, 15) is 4.79 Å². The van der Waals surface area contributed by atoms with Gasteiger partial charge in [-0.05, 0) is 20.8 Å². The van der Waals surface area contributed by atoms with Crippen molar-refractivity contribution in [3.8, 4) is 0 Å². The molecular formula is C13H22O6. The average molecular weight is 274 g/mol. The Morgan fingerprint density at radius 2 is 1.95 bits per heavy atom. The minimum Gasteiger partial charge on any atom is -0.460 e. The normalized spacial score (nSPS) is 13.6. The topological polar surface area (TPSA) is 63.2 Å². The van der Waals surface area contributed by atoms with E-state index in [2.05, 4.69) is 13.2 Å². The van der Waals surface area contributed by atoms with Crippen LogP contribution in [0.5, 0.6) is 0 Å². The Bertz CT molecular complexity index is 289. The van der Waals surface area contributed by atoms with E-state index in [-0.39, 0.29) is 19.8 Å². The lowest BCUT2D eigenvalue weighted by molar-refractivity contribution is -0.388. The van der Waals surface area contributed by atoms with Crippen LogP contribution in [0, 0.1) is 0 Å². The zero-order chi connectivity index (χ0) is 14.7. The van der Waals surface area contributed by atoms with E-state index in [1.54, 1.807) is 26.8 Å². The van der Waals surface area contributed by atoms with Crippen LogP contribution in [-0.2, 0) is 28.8 Å². The van der Waals surface area contributed by atoms with Crippen LogP contribution in [0.4, 0.5) is 0 Å². The molecule has 0 aromatic carbocycles. The largest absolute Gasteiger partial charge is 0.460 e. The summed E-state index contributed by atoms with van der Waals surface area (Å²) >= 11 is 0. The first kappa shape index (κ1) is 17.8. The molecule has 0 fully saturated rings. The summed E-state index contributed by atoms with van der Waals surface area (Å²) in [5.41, 5.74) is 0.352. The van der Waals surface area contributed by atoms with Crippen molar-refractivity contribution < 1.29 is 28.8 Å². The number of hydrogen-bond donors (Lipinski definition) is 0. The van der Waals surface area contributed by atoms with E-state index in [1.165, 1.54) is 0 Å². The summed E-state index contributed by atoms with van der Waals surface area (Å²) in [4.78, 5) is 20.7. The van der Waals surface area contributed by atoms with E-state index < -0.39 is 18.5 Å². The van der Waals surface area contributed by atoms with Gasteiger partial charge in [0.1, 0.15) is 13.2 Å². The smallest absolute Gasteiger partial charge is 0.333 e. The van der Waals surface area contributed by atoms with E-state index in [0.717, 1.165) is 0 Å². The Hall–Kier alpha value is -1.21. The minimum absolute atomic E-state index is 0.140. The van der Waals surface area contributed by atoms with Crippen molar-refractivity contribution in [2.45, 2.75) is 33.4 Å². The zero-order valence-electron chi connectivity index (χ0n) is 11.7. The monoisotopic (exact) mass is 274 g/mol. The second-order valence-electron chi connectivity index (χ2n) is 3.73. The van der Waals surface area contributed by atoms with Crippen molar-refractivity contribution in [3.63, 3.8) is 0 Å². The fourth-order valence-corrected chi connectivity index (χ4v) is 0.987. The highest BCUT2D eigenvalue weighted by atomic mass is 17.2. The third-order valence-corrected chi connectivity index (χ3v) is 1.79. The van der Waals surface area contributed by atoms with E-state index in [1.807, 2.05) is 0 Å². The number of carbonyl (C=O) groups is 1. The lowest BCUT2D eigenvalue weighted by Crippen LogP contribution is -2.24. The Balaban J connectivity index is 3.58. The van der Waals surface area contributed by atoms with Crippen molar-refractivity contribution in [1.29, 1.82) is 0 Å². The summed E-state index contributed by atoms with van der Waals surface area (Å²) in [5, 5.41) is 0. The molecule has 0 N–H and O–H groups in total. The minimum atomic E-state index is -0.576. The molecule has 0 amide bonds. The van der Waals surface area contributed by atoms with Crippen LogP contribution in [0.2, 0.25) is 0 Å². The quantitative estimate of drug-likeness (QED) is 0.109. The van der Waals surface area contributed by atoms with E-state index in [0.29, 0.717) is 5.57 Å². The van der Waals surface area contributed by atoms with Crippen molar-refractivity contribution in [1.82, 2.24) is 0 Å². The summed E-state index contributed by atoms with van der Waals surface area (Å²) in [5.74, 6) is -0.438. The number of ether oxygens (including phenoxy) is 3. The molecule has 0 saturated carbocycles. The molecule has 0 radical (unpaired) electrons. The Morgan fingerprint density at radius 1 is 1.26 bits per heavy atom. The molecule has 0 aliphatic heterocycles. The van der Waals surface area contributed by atoms with Gasteiger partial charge in [0.25, 0.3) is 0 Å². The standard InChI is InChI=1S/C13H22O6/c1-6-7-17-19-12(5)18-11(4)15-8-9-16-13(14)10(2)3/h6,11-12H,1-2,7-9H2,3-5H3. The molecule has 6 nitrogen and oxygen atoms in total. The Morgan fingerprint density at radius 3 is 2.53 bits per heavy atom. The maximum atomic E-state index is 11.1. The third-order valence-electron chi connectivity index (χ3n) is 1.79. The van der Waals surface area contributed by atoms with Gasteiger partial charge in [-0.15, -0.1) is 6.58 Å². The third kappa shape index (κ3) is 10.4. The van der Waals surface area contributed by atoms with Gasteiger partial charge in [-0.1, -0.05) is 12.7 Å². The first-order valence-electron chi connectivity index (χ1n) is 5.96. The summed E-state index contributed by atoms with van der Waals surface area (Å²) in [6.45, 7) is 12.5. The maximum Gasteiger partial charge on any atom is 0.333 e. The highest BCUT2D eigenvalue weighted by Crippen LogP contribution is 2.02. The highest BCUT2D eigenvalue weighted by Gasteiger charge is 2.10. The second kappa shape index (κ2) is 10.7. The lowest BCUT2D eigenvalue weighted by Gasteiger charge is -2.18. The number of esters is 1. The predicted octanol–water partition coefficient (Wildman–Crippen LogP) is 1.97. The van der Waals surface area contributed by atoms with Gasteiger partial charge in [-0.3, -0.25) is 0 Å². The molecule has 0 rings (SSSR count). The van der Waals surface area contributed by atoms with Crippen LogP contribution in [0.3, 0.4) is 0 Å². The molecule has 110 valence electrons. The SMILES string of the molecule is C=CCOOC(C)OC(C)OCCOC(=O)C(=C)C. The Labute approximate surface area is 113 Å². The summed E-state index contributed by atoms with van der Waals surface area (Å²) in [6.07, 6.45) is 0.474. The van der Waals surface area contributed by atoms with Gasteiger partial charge in [-0.25, -0.2) is 14.6 Å². The molecule has 0 heterocycles. The van der Waals surface area contributed by atoms with Gasteiger partial charge < -0.3 is 14.2 Å². The van der Waals surface area contributed by atoms with Crippen LogP contribution >= 0.6 is 0 Å². The summed E-state index contributed by atoms with van der Waals surface area (Å²) in [6, 6.07) is 0. The van der Waals surface area contributed by atoms with Crippen molar-refractivity contribution in [2.75, 3.05) is 19.8 Å². The molecule has 0 bridgehead atoms. The Kier molecular flexibility index (Phi) is 10.0. The fraction of sp³-hybridized carbons (Fsp3) is 0.615. The van der Waals surface area contributed by atoms with E-state index in [4.69, 9.17) is 24.0 Å². The molecule has 0 aromatic heterocycles. The molecule has 2 unspecified atom stereocenters. The molecule has 0 aliphatic carbocycles. The van der Waals surface area contributed by atoms with Gasteiger partial charge in [0.05, 0.1) is 6.61 Å². The number of carbonyl (C=O) groups excluding carboxylic acids is 1. The summed E-state index contributed by atoms with van der Waals surface area (Å²) in [7, 11) is 0. The fourth-order valence-electron chi connectivity index (χ4n) is 0.987. The summed E-state index contributed by atoms with van der Waals surface area (Å²) < 4.78 is 15.4. The number of rotatable bonds is 11. The maximum absolute atomic E-state index is 11.1.